The van der Waals surface area contributed by atoms with Gasteiger partial charge in [-0.3, -0.25) is 0 Å². The monoisotopic (exact) mass is 367 g/mol. The van der Waals surface area contributed by atoms with E-state index < -0.39 is 9.84 Å². The van der Waals surface area contributed by atoms with E-state index in [-0.39, 0.29) is 5.75 Å². The van der Waals surface area contributed by atoms with E-state index >= 15 is 0 Å². The fourth-order valence-corrected chi connectivity index (χ4v) is 3.37. The molecule has 112 valence electrons. The van der Waals surface area contributed by atoms with Crippen molar-refractivity contribution in [2.45, 2.75) is 25.3 Å². The van der Waals surface area contributed by atoms with Crippen molar-refractivity contribution in [3.63, 3.8) is 0 Å². The Labute approximate surface area is 134 Å². The molecule has 0 spiro atoms. The largest absolute Gasteiger partial charge is 0.380 e. The Balaban J connectivity index is 2.23. The summed E-state index contributed by atoms with van der Waals surface area (Å²) in [4.78, 5) is 0.362. The summed E-state index contributed by atoms with van der Waals surface area (Å²) in [5, 5.41) is 3.22. The van der Waals surface area contributed by atoms with Gasteiger partial charge >= 0.3 is 0 Å². The van der Waals surface area contributed by atoms with E-state index in [1.54, 1.807) is 25.1 Å². The lowest BCUT2D eigenvalue weighted by molar-refractivity contribution is 0.597. The maximum atomic E-state index is 12.1. The van der Waals surface area contributed by atoms with E-state index in [2.05, 4.69) is 27.3 Å². The summed E-state index contributed by atoms with van der Waals surface area (Å²) in [5.74, 6) is 0.100. The van der Waals surface area contributed by atoms with E-state index in [0.717, 1.165) is 15.6 Å². The molecule has 0 atom stereocenters. The normalized spacial score (nSPS) is 11.4. The van der Waals surface area contributed by atoms with Crippen LogP contribution < -0.4 is 5.32 Å². The summed E-state index contributed by atoms with van der Waals surface area (Å²) in [6, 6.07) is 13.1. The Morgan fingerprint density at radius 1 is 1.14 bits per heavy atom. The van der Waals surface area contributed by atoms with Crippen LogP contribution in [0.25, 0.3) is 0 Å². The van der Waals surface area contributed by atoms with Crippen LogP contribution in [0, 0.1) is 6.92 Å². The van der Waals surface area contributed by atoms with Crippen LogP contribution in [0.15, 0.2) is 51.8 Å². The van der Waals surface area contributed by atoms with Gasteiger partial charge in [0, 0.05) is 11.0 Å². The van der Waals surface area contributed by atoms with E-state index in [0.29, 0.717) is 17.1 Å². The molecule has 21 heavy (non-hydrogen) atoms. The van der Waals surface area contributed by atoms with Crippen molar-refractivity contribution in [1.29, 1.82) is 0 Å². The number of hydrogen-bond donors (Lipinski definition) is 1. The van der Waals surface area contributed by atoms with Crippen molar-refractivity contribution in [3.8, 4) is 0 Å². The Bertz CT molecular complexity index is 742. The van der Waals surface area contributed by atoms with Crippen molar-refractivity contribution < 1.29 is 8.42 Å². The first-order chi connectivity index (χ1) is 9.94. The van der Waals surface area contributed by atoms with Crippen molar-refractivity contribution in [2.24, 2.45) is 0 Å². The third-order valence-electron chi connectivity index (χ3n) is 3.31. The number of hydrogen-bond acceptors (Lipinski definition) is 3. The molecule has 0 unspecified atom stereocenters. The summed E-state index contributed by atoms with van der Waals surface area (Å²) in [6.45, 7) is 4.28. The van der Waals surface area contributed by atoms with Crippen molar-refractivity contribution in [3.05, 3.63) is 58.1 Å². The quantitative estimate of drug-likeness (QED) is 0.862. The zero-order chi connectivity index (χ0) is 15.5. The number of rotatable bonds is 5. The lowest BCUT2D eigenvalue weighted by Gasteiger charge is -2.12. The Kier molecular flexibility index (Phi) is 5.06. The molecule has 0 bridgehead atoms. The van der Waals surface area contributed by atoms with Gasteiger partial charge in [-0.15, -0.1) is 0 Å². The molecule has 0 aliphatic carbocycles. The first kappa shape index (κ1) is 16.0. The average Bonchev–Trinajstić information content (AvgIpc) is 2.49. The molecule has 0 aromatic heterocycles. The molecule has 0 saturated heterocycles. The molecular weight excluding hydrogens is 350 g/mol. The smallest absolute Gasteiger partial charge is 0.180 e. The lowest BCUT2D eigenvalue weighted by atomic mass is 10.1. The Morgan fingerprint density at radius 3 is 2.52 bits per heavy atom. The van der Waals surface area contributed by atoms with E-state index in [1.807, 2.05) is 25.1 Å². The fraction of sp³-hybridized carbons (Fsp3) is 0.250. The van der Waals surface area contributed by atoms with Gasteiger partial charge in [0.2, 0.25) is 0 Å². The minimum atomic E-state index is -3.22. The topological polar surface area (TPSA) is 46.2 Å². The summed E-state index contributed by atoms with van der Waals surface area (Å²) in [7, 11) is -3.22. The first-order valence-corrected chi connectivity index (χ1v) is 9.19. The Hall–Kier alpha value is -1.33. The van der Waals surface area contributed by atoms with Gasteiger partial charge in [-0.2, -0.15) is 0 Å². The maximum Gasteiger partial charge on any atom is 0.180 e. The average molecular weight is 368 g/mol. The summed E-state index contributed by atoms with van der Waals surface area (Å²) in [5.41, 5.74) is 2.92. The van der Waals surface area contributed by atoms with Gasteiger partial charge in [0.25, 0.3) is 0 Å². The number of para-hydroxylation sites is 1. The summed E-state index contributed by atoms with van der Waals surface area (Å²) in [6.07, 6.45) is 0. The molecule has 2 aromatic rings. The van der Waals surface area contributed by atoms with Crippen LogP contribution in [0.5, 0.6) is 0 Å². The SMILES string of the molecule is CCS(=O)(=O)c1ccccc1NCc1ccc(Br)c(C)c1. The Morgan fingerprint density at radius 2 is 1.86 bits per heavy atom. The number of anilines is 1. The van der Waals surface area contributed by atoms with Crippen molar-refractivity contribution in [1.82, 2.24) is 0 Å². The van der Waals surface area contributed by atoms with E-state index in [1.165, 1.54) is 0 Å². The molecule has 0 aliphatic rings. The number of nitrogens with one attached hydrogen (secondary N) is 1. The molecular formula is C16H18BrNO2S. The standard InChI is InChI=1S/C16H18BrNO2S/c1-3-21(19,20)16-7-5-4-6-15(16)18-11-13-8-9-14(17)12(2)10-13/h4-10,18H,3,11H2,1-2H3. The van der Waals surface area contributed by atoms with E-state index in [4.69, 9.17) is 0 Å². The molecule has 0 amide bonds. The highest BCUT2D eigenvalue weighted by molar-refractivity contribution is 9.10. The molecule has 0 heterocycles. The van der Waals surface area contributed by atoms with Crippen LogP contribution in [0.2, 0.25) is 0 Å². The second-order valence-electron chi connectivity index (χ2n) is 4.84. The highest BCUT2D eigenvalue weighted by atomic mass is 79.9. The molecule has 0 aliphatic heterocycles. The van der Waals surface area contributed by atoms with Crippen LogP contribution >= 0.6 is 15.9 Å². The van der Waals surface area contributed by atoms with Crippen LogP contribution in [0.1, 0.15) is 18.1 Å². The van der Waals surface area contributed by atoms with Crippen LogP contribution in [0.3, 0.4) is 0 Å². The molecule has 2 rings (SSSR count). The minimum Gasteiger partial charge on any atom is -0.380 e. The fourth-order valence-electron chi connectivity index (χ4n) is 2.05. The predicted octanol–water partition coefficient (Wildman–Crippen LogP) is 4.16. The maximum absolute atomic E-state index is 12.1. The molecule has 1 N–H and O–H groups in total. The molecule has 2 aromatic carbocycles. The third kappa shape index (κ3) is 3.86. The zero-order valence-electron chi connectivity index (χ0n) is 12.1. The van der Waals surface area contributed by atoms with Gasteiger partial charge in [0.1, 0.15) is 0 Å². The lowest BCUT2D eigenvalue weighted by Crippen LogP contribution is -2.09. The van der Waals surface area contributed by atoms with Gasteiger partial charge in [0.05, 0.1) is 16.3 Å². The number of aryl methyl sites for hydroxylation is 1. The second-order valence-corrected chi connectivity index (χ2v) is 7.94. The van der Waals surface area contributed by atoms with E-state index in [9.17, 15) is 8.42 Å². The number of sulfone groups is 1. The van der Waals surface area contributed by atoms with Crippen LogP contribution in [-0.4, -0.2) is 14.2 Å². The van der Waals surface area contributed by atoms with Gasteiger partial charge in [-0.25, -0.2) is 8.42 Å². The van der Waals surface area contributed by atoms with Crippen LogP contribution in [-0.2, 0) is 16.4 Å². The van der Waals surface area contributed by atoms with Gasteiger partial charge in [-0.1, -0.05) is 47.1 Å². The number of benzene rings is 2. The summed E-state index contributed by atoms with van der Waals surface area (Å²) < 4.78 is 25.2. The minimum absolute atomic E-state index is 0.100. The molecule has 0 radical (unpaired) electrons. The van der Waals surface area contributed by atoms with Gasteiger partial charge in [0.15, 0.2) is 9.84 Å². The summed E-state index contributed by atoms with van der Waals surface area (Å²) >= 11 is 3.47. The van der Waals surface area contributed by atoms with Crippen molar-refractivity contribution in [2.75, 3.05) is 11.1 Å². The van der Waals surface area contributed by atoms with Crippen molar-refractivity contribution >= 4 is 31.5 Å². The molecule has 3 nitrogen and oxygen atoms in total. The highest BCUT2D eigenvalue weighted by Crippen LogP contribution is 2.23. The van der Waals surface area contributed by atoms with Crippen LogP contribution in [0.4, 0.5) is 5.69 Å². The highest BCUT2D eigenvalue weighted by Gasteiger charge is 2.15. The zero-order valence-corrected chi connectivity index (χ0v) is 14.5. The first-order valence-electron chi connectivity index (χ1n) is 6.74. The number of halogens is 1. The molecule has 5 heteroatoms. The van der Waals surface area contributed by atoms with Gasteiger partial charge < -0.3 is 5.32 Å². The third-order valence-corrected chi connectivity index (χ3v) is 5.98. The van der Waals surface area contributed by atoms with Gasteiger partial charge in [-0.05, 0) is 36.2 Å². The second kappa shape index (κ2) is 6.62. The predicted molar refractivity (Wildman–Crippen MR) is 90.4 cm³/mol. The molecule has 0 saturated carbocycles. The molecule has 0 fully saturated rings.